The topological polar surface area (TPSA) is 70.8 Å². The first kappa shape index (κ1) is 14.5. The molecule has 0 saturated carbocycles. The van der Waals surface area contributed by atoms with Gasteiger partial charge in [0.25, 0.3) is 10.0 Å². The predicted molar refractivity (Wildman–Crippen MR) is 71.4 cm³/mol. The summed E-state index contributed by atoms with van der Waals surface area (Å²) in [6, 6.07) is 6.54. The van der Waals surface area contributed by atoms with Gasteiger partial charge < -0.3 is 9.52 Å². The molecule has 1 aromatic heterocycles. The number of hydrogen-bond acceptors (Lipinski definition) is 4. The average molecular weight is 299 g/mol. The van der Waals surface area contributed by atoms with E-state index in [4.69, 9.17) is 9.52 Å². The number of sulfonamides is 1. The highest BCUT2D eigenvalue weighted by Crippen LogP contribution is 2.27. The van der Waals surface area contributed by atoms with E-state index in [-0.39, 0.29) is 28.7 Å². The third-order valence-corrected chi connectivity index (χ3v) is 4.78. The van der Waals surface area contributed by atoms with Gasteiger partial charge in [-0.15, -0.1) is 0 Å². The largest absolute Gasteiger partial charge is 0.462 e. The third kappa shape index (κ3) is 2.54. The van der Waals surface area contributed by atoms with Crippen LogP contribution in [0.25, 0.3) is 0 Å². The first-order valence-electron chi connectivity index (χ1n) is 5.81. The molecule has 0 fully saturated rings. The summed E-state index contributed by atoms with van der Waals surface area (Å²) in [6.07, 6.45) is 0. The monoisotopic (exact) mass is 299 g/mol. The molecule has 1 aromatic carbocycles. The van der Waals surface area contributed by atoms with Crippen molar-refractivity contribution in [2.75, 3.05) is 11.4 Å². The first-order chi connectivity index (χ1) is 9.36. The molecular weight excluding hydrogens is 285 g/mol. The minimum absolute atomic E-state index is 0.0479. The lowest BCUT2D eigenvalue weighted by molar-refractivity contribution is 0.244. The van der Waals surface area contributed by atoms with Crippen molar-refractivity contribution in [2.45, 2.75) is 18.4 Å². The number of nitrogens with zero attached hydrogens (tertiary/aromatic N) is 1. The molecule has 5 nitrogen and oxygen atoms in total. The van der Waals surface area contributed by atoms with Gasteiger partial charge in [0.15, 0.2) is 0 Å². The Hall–Kier alpha value is -1.86. The number of anilines is 1. The number of aryl methyl sites for hydroxylation is 1. The molecule has 0 aliphatic rings. The van der Waals surface area contributed by atoms with Gasteiger partial charge in [0.2, 0.25) is 0 Å². The van der Waals surface area contributed by atoms with E-state index in [9.17, 15) is 12.8 Å². The Morgan fingerprint density at radius 3 is 2.60 bits per heavy atom. The van der Waals surface area contributed by atoms with Crippen LogP contribution in [-0.2, 0) is 16.6 Å². The summed E-state index contributed by atoms with van der Waals surface area (Å²) in [4.78, 5) is -0.0479. The van der Waals surface area contributed by atoms with Crippen LogP contribution < -0.4 is 4.31 Å². The number of aliphatic hydroxyl groups excluding tert-OH is 1. The quantitative estimate of drug-likeness (QED) is 0.938. The Kier molecular flexibility index (Phi) is 3.82. The van der Waals surface area contributed by atoms with Gasteiger partial charge in [-0.2, -0.15) is 0 Å². The van der Waals surface area contributed by atoms with Crippen molar-refractivity contribution in [3.05, 3.63) is 47.7 Å². The van der Waals surface area contributed by atoms with Crippen molar-refractivity contribution in [1.29, 1.82) is 0 Å². The number of aliphatic hydroxyl groups is 1. The standard InChI is InChI=1S/C13H14FNO4S/c1-9-13(7-12(8-16)19-9)20(17,18)15(2)11-5-3-4-10(14)6-11/h3-7,16H,8H2,1-2H3. The molecule has 108 valence electrons. The summed E-state index contributed by atoms with van der Waals surface area (Å²) in [5.41, 5.74) is 0.205. The van der Waals surface area contributed by atoms with Crippen LogP contribution >= 0.6 is 0 Å². The Bertz CT molecular complexity index is 724. The second-order valence-corrected chi connectivity index (χ2v) is 6.18. The van der Waals surface area contributed by atoms with Gasteiger partial charge in [-0.05, 0) is 25.1 Å². The highest BCUT2D eigenvalue weighted by atomic mass is 32.2. The van der Waals surface area contributed by atoms with Crippen molar-refractivity contribution in [3.8, 4) is 0 Å². The van der Waals surface area contributed by atoms with E-state index in [1.165, 1.54) is 38.2 Å². The molecule has 0 radical (unpaired) electrons. The van der Waals surface area contributed by atoms with E-state index in [2.05, 4.69) is 0 Å². The predicted octanol–water partition coefficient (Wildman–Crippen LogP) is 2.04. The summed E-state index contributed by atoms with van der Waals surface area (Å²) >= 11 is 0. The number of hydrogen-bond donors (Lipinski definition) is 1. The van der Waals surface area contributed by atoms with Crippen molar-refractivity contribution in [3.63, 3.8) is 0 Å². The SMILES string of the molecule is Cc1oc(CO)cc1S(=O)(=O)N(C)c1cccc(F)c1. The molecule has 7 heteroatoms. The highest BCUT2D eigenvalue weighted by molar-refractivity contribution is 7.92. The summed E-state index contributed by atoms with van der Waals surface area (Å²) in [6.45, 7) is 1.10. The maximum Gasteiger partial charge on any atom is 0.267 e. The van der Waals surface area contributed by atoms with Gasteiger partial charge in [0.1, 0.15) is 28.8 Å². The molecule has 2 aromatic rings. The molecule has 0 amide bonds. The maximum atomic E-state index is 13.2. The van der Waals surface area contributed by atoms with Crippen LogP contribution in [-0.4, -0.2) is 20.6 Å². The van der Waals surface area contributed by atoms with E-state index in [1.54, 1.807) is 0 Å². The molecular formula is C13H14FNO4S. The maximum absolute atomic E-state index is 13.2. The molecule has 1 N–H and O–H groups in total. The van der Waals surface area contributed by atoms with Gasteiger partial charge in [0.05, 0.1) is 5.69 Å². The van der Waals surface area contributed by atoms with Crippen LogP contribution in [0, 0.1) is 12.7 Å². The molecule has 2 rings (SSSR count). The minimum atomic E-state index is -3.87. The Labute approximate surface area is 116 Å². The Balaban J connectivity index is 2.46. The van der Waals surface area contributed by atoms with Crippen LogP contribution in [0.1, 0.15) is 11.5 Å². The highest BCUT2D eigenvalue weighted by Gasteiger charge is 2.26. The smallest absolute Gasteiger partial charge is 0.267 e. The van der Waals surface area contributed by atoms with Gasteiger partial charge in [-0.3, -0.25) is 4.31 Å². The van der Waals surface area contributed by atoms with Gasteiger partial charge in [0, 0.05) is 13.1 Å². The lowest BCUT2D eigenvalue weighted by Crippen LogP contribution is -2.26. The molecule has 0 unspecified atom stereocenters. The van der Waals surface area contributed by atoms with E-state index < -0.39 is 15.8 Å². The summed E-state index contributed by atoms with van der Waals surface area (Å²) < 4.78 is 44.2. The normalized spacial score (nSPS) is 11.6. The summed E-state index contributed by atoms with van der Waals surface area (Å²) in [7, 11) is -2.54. The van der Waals surface area contributed by atoms with E-state index in [1.807, 2.05) is 0 Å². The second kappa shape index (κ2) is 5.26. The number of benzene rings is 1. The van der Waals surface area contributed by atoms with Crippen molar-refractivity contribution in [2.24, 2.45) is 0 Å². The van der Waals surface area contributed by atoms with Crippen molar-refractivity contribution >= 4 is 15.7 Å². The molecule has 0 aliphatic carbocycles. The average Bonchev–Trinajstić information content (AvgIpc) is 2.80. The molecule has 0 bridgehead atoms. The zero-order valence-corrected chi connectivity index (χ0v) is 11.8. The summed E-state index contributed by atoms with van der Waals surface area (Å²) in [5, 5.41) is 8.98. The minimum Gasteiger partial charge on any atom is -0.462 e. The molecule has 0 saturated heterocycles. The zero-order chi connectivity index (χ0) is 14.9. The van der Waals surface area contributed by atoms with Crippen LogP contribution in [0.3, 0.4) is 0 Å². The Morgan fingerprint density at radius 2 is 2.05 bits per heavy atom. The molecule has 0 spiro atoms. The number of halogens is 1. The van der Waals surface area contributed by atoms with Crippen LogP contribution in [0.4, 0.5) is 10.1 Å². The first-order valence-corrected chi connectivity index (χ1v) is 7.25. The Morgan fingerprint density at radius 1 is 1.35 bits per heavy atom. The van der Waals surface area contributed by atoms with Gasteiger partial charge in [-0.1, -0.05) is 6.07 Å². The molecule has 0 atom stereocenters. The zero-order valence-electron chi connectivity index (χ0n) is 11.0. The fraction of sp³-hybridized carbons (Fsp3) is 0.231. The number of rotatable bonds is 4. The number of furan rings is 1. The van der Waals surface area contributed by atoms with E-state index in [0.717, 1.165) is 10.4 Å². The molecule has 1 heterocycles. The van der Waals surface area contributed by atoms with Crippen molar-refractivity contribution < 1.29 is 22.3 Å². The van der Waals surface area contributed by atoms with Crippen LogP contribution in [0.15, 0.2) is 39.6 Å². The fourth-order valence-electron chi connectivity index (χ4n) is 1.82. The third-order valence-electron chi connectivity index (χ3n) is 2.89. The fourth-order valence-corrected chi connectivity index (χ4v) is 3.19. The van der Waals surface area contributed by atoms with Crippen LogP contribution in [0.5, 0.6) is 0 Å². The van der Waals surface area contributed by atoms with Gasteiger partial charge >= 0.3 is 0 Å². The van der Waals surface area contributed by atoms with E-state index >= 15 is 0 Å². The van der Waals surface area contributed by atoms with Crippen LogP contribution in [0.2, 0.25) is 0 Å². The molecule has 0 aliphatic heterocycles. The molecule has 20 heavy (non-hydrogen) atoms. The summed E-state index contributed by atoms with van der Waals surface area (Å²) in [5.74, 6) is -0.185. The van der Waals surface area contributed by atoms with Gasteiger partial charge in [-0.25, -0.2) is 12.8 Å². The van der Waals surface area contributed by atoms with E-state index in [0.29, 0.717) is 0 Å². The lowest BCUT2D eigenvalue weighted by atomic mass is 10.3. The second-order valence-electron chi connectivity index (χ2n) is 4.24. The lowest BCUT2D eigenvalue weighted by Gasteiger charge is -2.18. The van der Waals surface area contributed by atoms with Crippen molar-refractivity contribution in [1.82, 2.24) is 0 Å².